The van der Waals surface area contributed by atoms with Gasteiger partial charge in [-0.3, -0.25) is 9.78 Å². The third-order valence-electron chi connectivity index (χ3n) is 7.50. The second-order valence-electron chi connectivity index (χ2n) is 10.5. The number of methoxy groups -OCH3 is 2. The minimum absolute atomic E-state index is 0.0411. The van der Waals surface area contributed by atoms with Gasteiger partial charge in [-0.05, 0) is 54.1 Å². The quantitative estimate of drug-likeness (QED) is 0.138. The first-order valence-corrected chi connectivity index (χ1v) is 14.7. The molecule has 1 aromatic heterocycles. The van der Waals surface area contributed by atoms with Crippen molar-refractivity contribution in [2.75, 3.05) is 32.8 Å². The van der Waals surface area contributed by atoms with Crippen LogP contribution in [0.5, 0.6) is 11.5 Å². The first kappa shape index (κ1) is 34.0. The number of carbonyl (C=O) groups is 2. The number of halogens is 3. The molecule has 2 atom stereocenters. The number of alkyl halides is 1. The largest absolute Gasteiger partial charge is 0.496 e. The molecule has 0 unspecified atom stereocenters. The van der Waals surface area contributed by atoms with Gasteiger partial charge in [0.25, 0.3) is 5.91 Å². The number of hydrogen-bond acceptors (Lipinski definition) is 7. The Hall–Kier alpha value is -4.84. The highest BCUT2D eigenvalue weighted by atomic mass is 19.1. The highest BCUT2D eigenvalue weighted by molar-refractivity contribution is 6.00. The molecule has 4 aromatic rings. The smallest absolute Gasteiger partial charge is 0.326 e. The van der Waals surface area contributed by atoms with Crippen LogP contribution in [0.1, 0.15) is 41.8 Å². The molecule has 1 heterocycles. The number of hydrogen-bond donors (Lipinski definition) is 3. The van der Waals surface area contributed by atoms with Crippen LogP contribution in [0.25, 0.3) is 22.0 Å². The van der Waals surface area contributed by atoms with Crippen molar-refractivity contribution < 1.29 is 42.1 Å². The summed E-state index contributed by atoms with van der Waals surface area (Å²) < 4.78 is 59.8. The molecule has 0 aliphatic rings. The fourth-order valence-corrected chi connectivity index (χ4v) is 5.13. The molecule has 9 nitrogen and oxygen atoms in total. The number of fused-ring (bicyclic) bond motifs is 1. The van der Waals surface area contributed by atoms with Gasteiger partial charge in [-0.1, -0.05) is 31.2 Å². The summed E-state index contributed by atoms with van der Waals surface area (Å²) in [4.78, 5) is 29.9. The summed E-state index contributed by atoms with van der Waals surface area (Å²) in [6, 6.07) is 10.4. The minimum Gasteiger partial charge on any atom is -0.496 e. The minimum atomic E-state index is -1.56. The average molecular weight is 640 g/mol. The Morgan fingerprint density at radius 2 is 1.61 bits per heavy atom. The molecule has 46 heavy (non-hydrogen) atoms. The van der Waals surface area contributed by atoms with Crippen LogP contribution in [0, 0.1) is 11.6 Å². The first-order valence-electron chi connectivity index (χ1n) is 14.7. The molecule has 3 N–H and O–H groups in total. The molecular weight excluding hydrogens is 603 g/mol. The Balaban J connectivity index is 1.67. The van der Waals surface area contributed by atoms with E-state index >= 15 is 0 Å². The lowest BCUT2D eigenvalue weighted by molar-refractivity contribution is -0.139. The van der Waals surface area contributed by atoms with Crippen LogP contribution in [-0.4, -0.2) is 61.6 Å². The molecular formula is C34H36F3N3O6. The number of aromatic nitrogens is 1. The lowest BCUT2D eigenvalue weighted by Crippen LogP contribution is -2.43. The van der Waals surface area contributed by atoms with Gasteiger partial charge in [0.2, 0.25) is 0 Å². The number of aliphatic carboxylic acids is 1. The van der Waals surface area contributed by atoms with E-state index in [-0.39, 0.29) is 12.1 Å². The molecule has 0 saturated heterocycles. The number of rotatable bonds is 15. The van der Waals surface area contributed by atoms with Crippen molar-refractivity contribution in [3.05, 3.63) is 83.1 Å². The van der Waals surface area contributed by atoms with Crippen LogP contribution in [-0.2, 0) is 22.6 Å². The zero-order valence-corrected chi connectivity index (χ0v) is 26.0. The van der Waals surface area contributed by atoms with Gasteiger partial charge in [0.1, 0.15) is 41.4 Å². The second kappa shape index (κ2) is 15.4. The third kappa shape index (κ3) is 7.51. The molecule has 4 rings (SSSR count). The van der Waals surface area contributed by atoms with Crippen LogP contribution in [0.2, 0.25) is 0 Å². The second-order valence-corrected chi connectivity index (χ2v) is 10.5. The lowest BCUT2D eigenvalue weighted by Gasteiger charge is -2.19. The average Bonchev–Trinajstić information content (AvgIpc) is 3.05. The highest BCUT2D eigenvalue weighted by Gasteiger charge is 2.27. The van der Waals surface area contributed by atoms with Gasteiger partial charge in [0, 0.05) is 30.3 Å². The Bertz CT molecular complexity index is 1670. The van der Waals surface area contributed by atoms with Crippen molar-refractivity contribution >= 4 is 28.3 Å². The van der Waals surface area contributed by atoms with E-state index < -0.39 is 47.8 Å². The molecule has 0 aliphatic heterocycles. The van der Waals surface area contributed by atoms with Crippen LogP contribution in [0.4, 0.5) is 18.9 Å². The molecule has 0 spiro atoms. The Morgan fingerprint density at radius 3 is 2.15 bits per heavy atom. The number of pyridine rings is 1. The van der Waals surface area contributed by atoms with Gasteiger partial charge >= 0.3 is 5.97 Å². The van der Waals surface area contributed by atoms with E-state index in [1.165, 1.54) is 20.4 Å². The summed E-state index contributed by atoms with van der Waals surface area (Å²) in [5.74, 6) is -4.11. The van der Waals surface area contributed by atoms with E-state index in [1.54, 1.807) is 25.1 Å². The van der Waals surface area contributed by atoms with E-state index in [1.807, 2.05) is 25.1 Å². The molecule has 0 saturated carbocycles. The van der Waals surface area contributed by atoms with E-state index in [9.17, 15) is 27.9 Å². The summed E-state index contributed by atoms with van der Waals surface area (Å²) >= 11 is 0. The topological polar surface area (TPSA) is 119 Å². The summed E-state index contributed by atoms with van der Waals surface area (Å²) in [5, 5.41) is 16.2. The Labute approximate surface area is 264 Å². The van der Waals surface area contributed by atoms with Gasteiger partial charge in [0.15, 0.2) is 0 Å². The summed E-state index contributed by atoms with van der Waals surface area (Å²) in [7, 11) is 3.06. The summed E-state index contributed by atoms with van der Waals surface area (Å²) in [5.41, 5.74) is 1.41. The van der Waals surface area contributed by atoms with Gasteiger partial charge in [-0.2, -0.15) is 0 Å². The predicted molar refractivity (Wildman–Crippen MR) is 168 cm³/mol. The number of anilines is 1. The normalized spacial score (nSPS) is 12.4. The number of carbonyl (C=O) groups excluding carboxylic acids is 1. The first-order chi connectivity index (χ1) is 22.1. The lowest BCUT2D eigenvalue weighted by atomic mass is 9.95. The van der Waals surface area contributed by atoms with E-state index in [2.05, 4.69) is 15.6 Å². The van der Waals surface area contributed by atoms with Gasteiger partial charge in [-0.25, -0.2) is 18.0 Å². The summed E-state index contributed by atoms with van der Waals surface area (Å²) in [6.45, 7) is 3.73. The molecule has 0 bridgehead atoms. The number of amides is 1. The number of nitrogens with zero attached hydrogens (tertiary/aromatic N) is 1. The van der Waals surface area contributed by atoms with Crippen molar-refractivity contribution in [2.24, 2.45) is 0 Å². The molecule has 3 aromatic carbocycles. The molecule has 0 fully saturated rings. The fourth-order valence-electron chi connectivity index (χ4n) is 5.13. The van der Waals surface area contributed by atoms with Crippen LogP contribution in [0.15, 0.2) is 54.7 Å². The van der Waals surface area contributed by atoms with E-state index in [0.29, 0.717) is 58.7 Å². The zero-order chi connectivity index (χ0) is 33.4. The number of benzene rings is 3. The summed E-state index contributed by atoms with van der Waals surface area (Å²) in [6.07, 6.45) is 1.62. The Morgan fingerprint density at radius 1 is 0.978 bits per heavy atom. The number of carboxylic acids is 1. The van der Waals surface area contributed by atoms with Crippen molar-refractivity contribution in [1.82, 2.24) is 10.3 Å². The monoisotopic (exact) mass is 639 g/mol. The fraction of sp³-hybridized carbons (Fsp3) is 0.324. The molecule has 12 heteroatoms. The molecule has 244 valence electrons. The zero-order valence-electron chi connectivity index (χ0n) is 26.0. The number of nitrogens with one attached hydrogen (secondary N) is 2. The molecule has 0 aliphatic carbocycles. The maximum absolute atomic E-state index is 14.9. The van der Waals surface area contributed by atoms with Crippen molar-refractivity contribution in [3.8, 4) is 22.8 Å². The van der Waals surface area contributed by atoms with Crippen molar-refractivity contribution in [3.63, 3.8) is 0 Å². The van der Waals surface area contributed by atoms with E-state index in [0.717, 1.165) is 17.7 Å². The number of ether oxygens (including phenoxy) is 3. The van der Waals surface area contributed by atoms with Crippen molar-refractivity contribution in [1.29, 1.82) is 0 Å². The Kier molecular flexibility index (Phi) is 11.4. The SMILES string of the molecule is CCOCc1cc(OC)c(-c2ncc(C[C@H](NC(=O)c3c(F)cc(N[C@H](CC)CF)cc3F)C(=O)O)c3ccccc23)c(OC)c1. The molecule has 1 amide bonds. The predicted octanol–water partition coefficient (Wildman–Crippen LogP) is 6.32. The van der Waals surface area contributed by atoms with Gasteiger partial charge < -0.3 is 30.0 Å². The third-order valence-corrected chi connectivity index (χ3v) is 7.50. The number of carboxylic acid groups (broad SMARTS) is 1. The van der Waals surface area contributed by atoms with Crippen molar-refractivity contribution in [2.45, 2.75) is 45.4 Å². The van der Waals surface area contributed by atoms with Gasteiger partial charge in [0.05, 0.1) is 38.1 Å². The highest BCUT2D eigenvalue weighted by Crippen LogP contribution is 2.42. The maximum Gasteiger partial charge on any atom is 0.326 e. The molecule has 0 radical (unpaired) electrons. The van der Waals surface area contributed by atoms with Crippen LogP contribution in [0.3, 0.4) is 0 Å². The van der Waals surface area contributed by atoms with E-state index in [4.69, 9.17) is 14.2 Å². The maximum atomic E-state index is 14.9. The standard InChI is InChI=1S/C34H36F3N3O6/c1-5-21(16-35)39-22-14-25(36)30(26(37)15-22)33(41)40-27(34(42)43)13-20-17-38-32(24-10-8-7-9-23(20)24)31-28(44-3)11-19(18-46-6-2)12-29(31)45-4/h7-12,14-15,17,21,27,39H,5-6,13,16,18H2,1-4H3,(H,40,41)(H,42,43)/t21-,27+/m1/s1. The van der Waals surface area contributed by atoms with Crippen LogP contribution < -0.4 is 20.1 Å². The van der Waals surface area contributed by atoms with Crippen LogP contribution >= 0.6 is 0 Å². The van der Waals surface area contributed by atoms with Gasteiger partial charge in [-0.15, -0.1) is 0 Å².